The minimum Gasteiger partial charge on any atom is -0.248 e. The Morgan fingerprint density at radius 3 is 2.30 bits per heavy atom. The number of allylic oxidation sites excluding steroid dienone is 2. The van der Waals surface area contributed by atoms with Gasteiger partial charge in [0.25, 0.3) is 0 Å². The third-order valence-corrected chi connectivity index (χ3v) is 3.09. The van der Waals surface area contributed by atoms with Crippen LogP contribution in [0.25, 0.3) is 23.1 Å². The molecule has 0 saturated heterocycles. The summed E-state index contributed by atoms with van der Waals surface area (Å²) < 4.78 is 0. The first-order chi connectivity index (χ1) is 9.92. The number of aromatic nitrogens is 1. The standard InChI is InChI=1S/C19H15N/c1-2-8-16(9-3-1)10-4-6-12-18-15-14-17-11-5-7-13-19(17)20-18/h1-15H/b10-4+,12-6+. The molecule has 20 heavy (non-hydrogen) atoms. The molecule has 0 spiro atoms. The van der Waals surface area contributed by atoms with E-state index >= 15 is 0 Å². The number of benzene rings is 2. The average molecular weight is 257 g/mol. The number of hydrogen-bond acceptors (Lipinski definition) is 1. The summed E-state index contributed by atoms with van der Waals surface area (Å²) in [7, 11) is 0. The molecule has 0 aliphatic carbocycles. The van der Waals surface area contributed by atoms with Gasteiger partial charge in [-0.2, -0.15) is 0 Å². The van der Waals surface area contributed by atoms with E-state index < -0.39 is 0 Å². The van der Waals surface area contributed by atoms with Crippen molar-refractivity contribution in [3.8, 4) is 0 Å². The maximum atomic E-state index is 4.60. The topological polar surface area (TPSA) is 12.9 Å². The summed E-state index contributed by atoms with van der Waals surface area (Å²) in [5.41, 5.74) is 3.20. The summed E-state index contributed by atoms with van der Waals surface area (Å²) in [6.45, 7) is 0. The van der Waals surface area contributed by atoms with Crippen LogP contribution in [0.4, 0.5) is 0 Å². The van der Waals surface area contributed by atoms with E-state index in [0.717, 1.165) is 11.2 Å². The van der Waals surface area contributed by atoms with Gasteiger partial charge in [-0.3, -0.25) is 0 Å². The van der Waals surface area contributed by atoms with Crippen molar-refractivity contribution >= 4 is 23.1 Å². The van der Waals surface area contributed by atoms with E-state index in [4.69, 9.17) is 0 Å². The third-order valence-electron chi connectivity index (χ3n) is 3.09. The van der Waals surface area contributed by atoms with E-state index in [0.29, 0.717) is 0 Å². The molecule has 96 valence electrons. The van der Waals surface area contributed by atoms with Gasteiger partial charge in [-0.1, -0.05) is 72.8 Å². The van der Waals surface area contributed by atoms with Crippen LogP contribution in [-0.2, 0) is 0 Å². The Morgan fingerprint density at radius 2 is 1.40 bits per heavy atom. The molecule has 0 saturated carbocycles. The van der Waals surface area contributed by atoms with Crippen molar-refractivity contribution in [3.63, 3.8) is 0 Å². The van der Waals surface area contributed by atoms with Crippen LogP contribution in [0.5, 0.6) is 0 Å². The first-order valence-electron chi connectivity index (χ1n) is 6.67. The molecule has 1 heterocycles. The predicted octanol–water partition coefficient (Wildman–Crippen LogP) is 4.96. The van der Waals surface area contributed by atoms with E-state index in [1.165, 1.54) is 10.9 Å². The second-order valence-corrected chi connectivity index (χ2v) is 4.56. The zero-order chi connectivity index (χ0) is 13.6. The van der Waals surface area contributed by atoms with Crippen LogP contribution in [0.2, 0.25) is 0 Å². The highest BCUT2D eigenvalue weighted by atomic mass is 14.7. The number of rotatable bonds is 3. The number of hydrogen-bond donors (Lipinski definition) is 0. The molecule has 0 fully saturated rings. The minimum atomic E-state index is 0.974. The molecular formula is C19H15N. The quantitative estimate of drug-likeness (QED) is 0.604. The Bertz CT molecular complexity index is 755. The van der Waals surface area contributed by atoms with Gasteiger partial charge in [0.05, 0.1) is 11.2 Å². The van der Waals surface area contributed by atoms with E-state index in [2.05, 4.69) is 35.3 Å². The van der Waals surface area contributed by atoms with Crippen molar-refractivity contribution in [1.82, 2.24) is 4.98 Å². The minimum absolute atomic E-state index is 0.974. The summed E-state index contributed by atoms with van der Waals surface area (Å²) in [4.78, 5) is 4.60. The van der Waals surface area contributed by atoms with Crippen molar-refractivity contribution in [2.75, 3.05) is 0 Å². The van der Waals surface area contributed by atoms with Gasteiger partial charge in [-0.05, 0) is 23.8 Å². The third kappa shape index (κ3) is 3.01. The zero-order valence-electron chi connectivity index (χ0n) is 11.1. The van der Waals surface area contributed by atoms with Crippen molar-refractivity contribution in [3.05, 3.63) is 90.1 Å². The Balaban J connectivity index is 1.76. The lowest BCUT2D eigenvalue weighted by Gasteiger charge is -1.97. The fourth-order valence-corrected chi connectivity index (χ4v) is 2.06. The van der Waals surface area contributed by atoms with Crippen LogP contribution in [0.1, 0.15) is 11.3 Å². The predicted molar refractivity (Wildman–Crippen MR) is 86.3 cm³/mol. The molecule has 0 N–H and O–H groups in total. The van der Waals surface area contributed by atoms with E-state index in [-0.39, 0.29) is 0 Å². The van der Waals surface area contributed by atoms with Crippen LogP contribution in [-0.4, -0.2) is 4.98 Å². The molecule has 0 amide bonds. The number of fused-ring (bicyclic) bond motifs is 1. The molecule has 3 rings (SSSR count). The molecule has 0 unspecified atom stereocenters. The highest BCUT2D eigenvalue weighted by molar-refractivity contribution is 5.79. The van der Waals surface area contributed by atoms with Gasteiger partial charge in [0.1, 0.15) is 0 Å². The molecule has 0 radical (unpaired) electrons. The van der Waals surface area contributed by atoms with Gasteiger partial charge in [0.2, 0.25) is 0 Å². The van der Waals surface area contributed by atoms with Crippen LogP contribution in [0, 0.1) is 0 Å². The second-order valence-electron chi connectivity index (χ2n) is 4.56. The van der Waals surface area contributed by atoms with Crippen LogP contribution < -0.4 is 0 Å². The maximum absolute atomic E-state index is 4.60. The molecule has 1 nitrogen and oxygen atoms in total. The summed E-state index contributed by atoms with van der Waals surface area (Å²) in [6.07, 6.45) is 8.15. The highest BCUT2D eigenvalue weighted by Gasteiger charge is 1.93. The van der Waals surface area contributed by atoms with Gasteiger partial charge in [0.15, 0.2) is 0 Å². The molecule has 2 aromatic carbocycles. The monoisotopic (exact) mass is 257 g/mol. The Kier molecular flexibility index (Phi) is 3.70. The highest BCUT2D eigenvalue weighted by Crippen LogP contribution is 2.12. The lowest BCUT2D eigenvalue weighted by Crippen LogP contribution is -1.81. The summed E-state index contributed by atoms with van der Waals surface area (Å²) in [5.74, 6) is 0. The van der Waals surface area contributed by atoms with E-state index in [1.54, 1.807) is 0 Å². The molecule has 1 aromatic heterocycles. The number of para-hydroxylation sites is 1. The SMILES string of the molecule is C(/C=C/c1ccc2ccccc2n1)=C\c1ccccc1. The average Bonchev–Trinajstić information content (AvgIpc) is 2.52. The molecule has 0 aliphatic heterocycles. The number of nitrogens with zero attached hydrogens (tertiary/aromatic N) is 1. The molecule has 0 aliphatic rings. The molecule has 0 atom stereocenters. The molecule has 1 heteroatoms. The lowest BCUT2D eigenvalue weighted by atomic mass is 10.2. The second kappa shape index (κ2) is 5.98. The lowest BCUT2D eigenvalue weighted by molar-refractivity contribution is 1.37. The van der Waals surface area contributed by atoms with Gasteiger partial charge in [-0.15, -0.1) is 0 Å². The van der Waals surface area contributed by atoms with Gasteiger partial charge >= 0.3 is 0 Å². The Morgan fingerprint density at radius 1 is 0.650 bits per heavy atom. The van der Waals surface area contributed by atoms with Gasteiger partial charge < -0.3 is 0 Å². The van der Waals surface area contributed by atoms with Crippen molar-refractivity contribution < 1.29 is 0 Å². The normalized spacial score (nSPS) is 11.6. The van der Waals surface area contributed by atoms with Gasteiger partial charge in [-0.25, -0.2) is 4.98 Å². The fourth-order valence-electron chi connectivity index (χ4n) is 2.06. The van der Waals surface area contributed by atoms with Crippen LogP contribution in [0.3, 0.4) is 0 Å². The van der Waals surface area contributed by atoms with Crippen molar-refractivity contribution in [1.29, 1.82) is 0 Å². The van der Waals surface area contributed by atoms with Crippen molar-refractivity contribution in [2.24, 2.45) is 0 Å². The fraction of sp³-hybridized carbons (Fsp3) is 0. The summed E-state index contributed by atoms with van der Waals surface area (Å²) >= 11 is 0. The Hall–Kier alpha value is -2.67. The molecule has 3 aromatic rings. The first kappa shape index (κ1) is 12.4. The van der Waals surface area contributed by atoms with Crippen LogP contribution >= 0.6 is 0 Å². The van der Waals surface area contributed by atoms with Crippen LogP contribution in [0.15, 0.2) is 78.9 Å². The largest absolute Gasteiger partial charge is 0.248 e. The van der Waals surface area contributed by atoms with E-state index in [9.17, 15) is 0 Å². The summed E-state index contributed by atoms with van der Waals surface area (Å²) in [6, 6.07) is 22.5. The molecular weight excluding hydrogens is 242 g/mol. The maximum Gasteiger partial charge on any atom is 0.0709 e. The number of pyridine rings is 1. The van der Waals surface area contributed by atoms with Crippen molar-refractivity contribution in [2.45, 2.75) is 0 Å². The Labute approximate surface area is 118 Å². The first-order valence-corrected chi connectivity index (χ1v) is 6.67. The van der Waals surface area contributed by atoms with Gasteiger partial charge in [0, 0.05) is 5.39 Å². The zero-order valence-corrected chi connectivity index (χ0v) is 11.1. The summed E-state index contributed by atoms with van der Waals surface area (Å²) in [5, 5.41) is 1.17. The smallest absolute Gasteiger partial charge is 0.0709 e. The molecule has 0 bridgehead atoms. The van der Waals surface area contributed by atoms with E-state index in [1.807, 2.05) is 60.7 Å².